The van der Waals surface area contributed by atoms with Gasteiger partial charge in [0.15, 0.2) is 0 Å². The summed E-state index contributed by atoms with van der Waals surface area (Å²) in [6, 6.07) is 0. The molecule has 0 saturated carbocycles. The molecule has 2 amide bonds. The number of alkyl halides is 3. The maximum Gasteiger partial charge on any atom is 0.490 e. The quantitative estimate of drug-likeness (QED) is 0.715. The third-order valence-electron chi connectivity index (χ3n) is 6.70. The molecule has 3 rings (SSSR count). The first-order chi connectivity index (χ1) is 14.2. The van der Waals surface area contributed by atoms with E-state index in [2.05, 4.69) is 18.7 Å². The molecule has 10 heteroatoms. The van der Waals surface area contributed by atoms with E-state index < -0.39 is 12.1 Å². The van der Waals surface area contributed by atoms with E-state index in [4.69, 9.17) is 9.90 Å². The maximum absolute atomic E-state index is 12.8. The first kappa shape index (κ1) is 25.4. The van der Waals surface area contributed by atoms with Crippen LogP contribution in [0.5, 0.6) is 0 Å². The summed E-state index contributed by atoms with van der Waals surface area (Å²) in [5.41, 5.74) is -0.0265. The van der Waals surface area contributed by atoms with E-state index in [1.807, 2.05) is 30.7 Å². The van der Waals surface area contributed by atoms with E-state index in [-0.39, 0.29) is 23.3 Å². The number of carbonyl (C=O) groups excluding carboxylic acids is 2. The molecule has 1 N–H and O–H groups in total. The van der Waals surface area contributed by atoms with Crippen molar-refractivity contribution in [2.24, 2.45) is 23.7 Å². The van der Waals surface area contributed by atoms with Crippen LogP contribution in [-0.2, 0) is 14.4 Å². The molecule has 3 aliphatic heterocycles. The third-order valence-corrected chi connectivity index (χ3v) is 6.70. The van der Waals surface area contributed by atoms with Crippen LogP contribution >= 0.6 is 0 Å². The average Bonchev–Trinajstić information content (AvgIpc) is 3.15. The van der Waals surface area contributed by atoms with Gasteiger partial charge in [0.25, 0.3) is 0 Å². The van der Waals surface area contributed by atoms with E-state index >= 15 is 0 Å². The standard InChI is InChI=1S/C19H33N3O2.C2HF3O2/c1-13(2)10-21-11-15-16(12-21)19(20(5)18(15)24)6-8-22(9-7-19)17(23)14(3)4;3-2(4,5)1(6)7/h13-16H,6-12H2,1-5H3;(H,6,7)/t15-,16+;/m0./s1. The largest absolute Gasteiger partial charge is 0.490 e. The summed E-state index contributed by atoms with van der Waals surface area (Å²) in [6.07, 6.45) is -3.21. The Hall–Kier alpha value is -1.84. The molecule has 0 aliphatic carbocycles. The number of piperidine rings is 1. The van der Waals surface area contributed by atoms with Crippen LogP contribution in [0.25, 0.3) is 0 Å². The SMILES string of the molecule is CC(C)CN1C[C@@H]2C(=O)N(C)C3(CCN(C(=O)C(C)C)CC3)[C@@H]2C1.O=C(O)C(F)(F)F. The Morgan fingerprint density at radius 2 is 1.65 bits per heavy atom. The van der Waals surface area contributed by atoms with Crippen molar-refractivity contribution in [2.75, 3.05) is 39.8 Å². The molecule has 0 radical (unpaired) electrons. The van der Waals surface area contributed by atoms with Crippen LogP contribution in [0.1, 0.15) is 40.5 Å². The molecule has 31 heavy (non-hydrogen) atoms. The lowest BCUT2D eigenvalue weighted by molar-refractivity contribution is -0.192. The van der Waals surface area contributed by atoms with Crippen LogP contribution in [0.4, 0.5) is 13.2 Å². The fourth-order valence-corrected chi connectivity index (χ4v) is 5.25. The molecule has 3 saturated heterocycles. The van der Waals surface area contributed by atoms with Crippen molar-refractivity contribution < 1.29 is 32.7 Å². The predicted molar refractivity (Wildman–Crippen MR) is 108 cm³/mol. The van der Waals surface area contributed by atoms with Crippen molar-refractivity contribution in [3.05, 3.63) is 0 Å². The molecular formula is C21H34F3N3O4. The molecule has 0 bridgehead atoms. The third kappa shape index (κ3) is 5.32. The highest BCUT2D eigenvalue weighted by Crippen LogP contribution is 2.49. The lowest BCUT2D eigenvalue weighted by Crippen LogP contribution is -2.57. The molecule has 0 aromatic carbocycles. The zero-order valence-electron chi connectivity index (χ0n) is 18.9. The van der Waals surface area contributed by atoms with Crippen LogP contribution in [0, 0.1) is 23.7 Å². The van der Waals surface area contributed by atoms with Gasteiger partial charge in [-0.15, -0.1) is 0 Å². The minimum atomic E-state index is -5.08. The fraction of sp³-hybridized carbons (Fsp3) is 0.857. The first-order valence-electron chi connectivity index (χ1n) is 10.8. The number of aliphatic carboxylic acids is 1. The molecule has 0 unspecified atom stereocenters. The predicted octanol–water partition coefficient (Wildman–Crippen LogP) is 2.31. The topological polar surface area (TPSA) is 81.2 Å². The lowest BCUT2D eigenvalue weighted by Gasteiger charge is -2.47. The summed E-state index contributed by atoms with van der Waals surface area (Å²) in [7, 11) is 1.99. The Balaban J connectivity index is 0.000000423. The fourth-order valence-electron chi connectivity index (χ4n) is 5.25. The monoisotopic (exact) mass is 449 g/mol. The van der Waals surface area contributed by atoms with E-state index in [1.165, 1.54) is 0 Å². The van der Waals surface area contributed by atoms with E-state index in [1.54, 1.807) is 0 Å². The molecule has 3 fully saturated rings. The van der Waals surface area contributed by atoms with Crippen LogP contribution < -0.4 is 0 Å². The summed E-state index contributed by atoms with van der Waals surface area (Å²) in [4.78, 5) is 40.5. The van der Waals surface area contributed by atoms with Gasteiger partial charge in [0.1, 0.15) is 0 Å². The number of carboxylic acid groups (broad SMARTS) is 1. The average molecular weight is 450 g/mol. The number of halogens is 3. The molecule has 7 nitrogen and oxygen atoms in total. The Bertz CT molecular complexity index is 688. The van der Waals surface area contributed by atoms with Gasteiger partial charge in [0.05, 0.1) is 11.5 Å². The molecule has 178 valence electrons. The minimum Gasteiger partial charge on any atom is -0.475 e. The summed E-state index contributed by atoms with van der Waals surface area (Å²) in [5.74, 6) is -0.879. The lowest BCUT2D eigenvalue weighted by atomic mass is 9.75. The van der Waals surface area contributed by atoms with Crippen LogP contribution in [-0.4, -0.2) is 89.1 Å². The second kappa shape index (κ2) is 9.34. The number of rotatable bonds is 3. The number of carboxylic acids is 1. The van der Waals surface area contributed by atoms with Gasteiger partial charge < -0.3 is 19.8 Å². The molecule has 0 aromatic rings. The summed E-state index contributed by atoms with van der Waals surface area (Å²) >= 11 is 0. The van der Waals surface area contributed by atoms with Gasteiger partial charge in [0.2, 0.25) is 11.8 Å². The van der Waals surface area contributed by atoms with Crippen LogP contribution in [0.3, 0.4) is 0 Å². The van der Waals surface area contributed by atoms with Gasteiger partial charge in [-0.2, -0.15) is 13.2 Å². The zero-order valence-corrected chi connectivity index (χ0v) is 18.9. The van der Waals surface area contributed by atoms with Crippen molar-refractivity contribution >= 4 is 17.8 Å². The van der Waals surface area contributed by atoms with Gasteiger partial charge in [-0.1, -0.05) is 27.7 Å². The maximum atomic E-state index is 12.8. The molecular weight excluding hydrogens is 415 g/mol. The number of carbonyl (C=O) groups is 3. The van der Waals surface area contributed by atoms with E-state index in [0.717, 1.165) is 45.6 Å². The van der Waals surface area contributed by atoms with E-state index in [9.17, 15) is 22.8 Å². The Morgan fingerprint density at radius 3 is 2.06 bits per heavy atom. The van der Waals surface area contributed by atoms with Gasteiger partial charge in [-0.25, -0.2) is 4.79 Å². The minimum absolute atomic E-state index is 0.0265. The van der Waals surface area contributed by atoms with Crippen molar-refractivity contribution in [1.29, 1.82) is 0 Å². The van der Waals surface area contributed by atoms with Crippen molar-refractivity contribution in [1.82, 2.24) is 14.7 Å². The smallest absolute Gasteiger partial charge is 0.475 e. The van der Waals surface area contributed by atoms with Crippen LogP contribution in [0.15, 0.2) is 0 Å². The van der Waals surface area contributed by atoms with E-state index in [0.29, 0.717) is 17.7 Å². The number of hydrogen-bond donors (Lipinski definition) is 1. The molecule has 2 atom stereocenters. The molecule has 3 heterocycles. The molecule has 1 spiro atoms. The van der Waals surface area contributed by atoms with Crippen molar-refractivity contribution in [3.63, 3.8) is 0 Å². The summed E-state index contributed by atoms with van der Waals surface area (Å²) in [6.45, 7) is 13.0. The highest BCUT2D eigenvalue weighted by molar-refractivity contribution is 5.84. The second-order valence-electron chi connectivity index (χ2n) is 9.61. The highest BCUT2D eigenvalue weighted by Gasteiger charge is 2.60. The number of amides is 2. The van der Waals surface area contributed by atoms with Crippen molar-refractivity contribution in [3.8, 4) is 0 Å². The Kier molecular flexibility index (Phi) is 7.66. The Labute approximate surface area is 181 Å². The zero-order chi connectivity index (χ0) is 23.7. The van der Waals surface area contributed by atoms with Gasteiger partial charge in [-0.3, -0.25) is 9.59 Å². The van der Waals surface area contributed by atoms with Gasteiger partial charge in [0, 0.05) is 51.6 Å². The number of hydrogen-bond acceptors (Lipinski definition) is 4. The second-order valence-corrected chi connectivity index (χ2v) is 9.61. The molecule has 0 aromatic heterocycles. The van der Waals surface area contributed by atoms with Gasteiger partial charge in [-0.05, 0) is 18.8 Å². The summed E-state index contributed by atoms with van der Waals surface area (Å²) < 4.78 is 31.7. The first-order valence-corrected chi connectivity index (χ1v) is 10.8. The Morgan fingerprint density at radius 1 is 1.13 bits per heavy atom. The number of likely N-dealkylation sites (tertiary alicyclic amines) is 3. The van der Waals surface area contributed by atoms with Crippen LogP contribution in [0.2, 0.25) is 0 Å². The van der Waals surface area contributed by atoms with Crippen molar-refractivity contribution in [2.45, 2.75) is 52.3 Å². The van der Waals surface area contributed by atoms with Gasteiger partial charge >= 0.3 is 12.1 Å². The highest BCUT2D eigenvalue weighted by atomic mass is 19.4. The number of nitrogens with zero attached hydrogens (tertiary/aromatic N) is 3. The summed E-state index contributed by atoms with van der Waals surface area (Å²) in [5, 5.41) is 7.12. The normalized spacial score (nSPS) is 25.8. The molecule has 3 aliphatic rings. The number of fused-ring (bicyclic) bond motifs is 2.